The molecule has 0 heterocycles. The minimum absolute atomic E-state index is 0.155. The highest BCUT2D eigenvalue weighted by molar-refractivity contribution is 5.81. The van der Waals surface area contributed by atoms with Crippen LogP contribution in [0.2, 0.25) is 0 Å². The van der Waals surface area contributed by atoms with Gasteiger partial charge in [0.15, 0.2) is 0 Å². The van der Waals surface area contributed by atoms with E-state index < -0.39 is 5.97 Å². The number of Topliss-reactive ketones (excluding diaryl/α,β-unsaturated/α-hetero) is 1. The summed E-state index contributed by atoms with van der Waals surface area (Å²) in [4.78, 5) is 26.4. The third-order valence-corrected chi connectivity index (χ3v) is 3.51. The van der Waals surface area contributed by atoms with Crippen molar-refractivity contribution in [3.63, 3.8) is 0 Å². The van der Waals surface area contributed by atoms with Gasteiger partial charge < -0.3 is 10.6 Å². The third-order valence-electron chi connectivity index (χ3n) is 3.51. The van der Waals surface area contributed by atoms with Crippen LogP contribution in [0.3, 0.4) is 0 Å². The fourth-order valence-corrected chi connectivity index (χ4v) is 2.34. The molecule has 0 aliphatic carbocycles. The Morgan fingerprint density at radius 2 is 1.75 bits per heavy atom. The van der Waals surface area contributed by atoms with Crippen LogP contribution in [0.15, 0.2) is 0 Å². The molecular weight excluding hydrogens is 258 g/mol. The Bertz CT molecular complexity index is 269. The first-order chi connectivity index (χ1) is 9.65. The monoisotopic (exact) mass is 287 g/mol. The van der Waals surface area contributed by atoms with Gasteiger partial charge in [-0.25, -0.2) is 4.79 Å². The number of hydrogen-bond acceptors (Lipinski definition) is 5. The van der Waals surface area contributed by atoms with Crippen LogP contribution in [0.5, 0.6) is 0 Å². The molecule has 0 saturated heterocycles. The molecule has 5 heteroatoms. The van der Waals surface area contributed by atoms with Gasteiger partial charge in [0, 0.05) is 18.8 Å². The van der Waals surface area contributed by atoms with Gasteiger partial charge >= 0.3 is 5.97 Å². The smallest absolute Gasteiger partial charge is 0.330 e. The molecule has 0 aromatic heterocycles. The summed E-state index contributed by atoms with van der Waals surface area (Å²) in [5.74, 6) is -0.177. The van der Waals surface area contributed by atoms with Crippen molar-refractivity contribution >= 4 is 11.8 Å². The average molecular weight is 287 g/mol. The summed E-state index contributed by atoms with van der Waals surface area (Å²) in [6, 6.07) is 0. The van der Waals surface area contributed by atoms with Crippen LogP contribution in [-0.2, 0) is 14.5 Å². The Labute approximate surface area is 121 Å². The highest BCUT2D eigenvalue weighted by Gasteiger charge is 2.16. The summed E-state index contributed by atoms with van der Waals surface area (Å²) in [5.41, 5.74) is 5.46. The molecule has 0 aromatic rings. The first-order valence-electron chi connectivity index (χ1n) is 7.72. The highest BCUT2D eigenvalue weighted by Crippen LogP contribution is 2.19. The molecule has 0 rings (SSSR count). The molecule has 118 valence electrons. The largest absolute Gasteiger partial charge is 0.342 e. The Balaban J connectivity index is 3.87. The number of carbonyl (C=O) groups excluding carboxylic acids is 2. The zero-order valence-corrected chi connectivity index (χ0v) is 12.6. The van der Waals surface area contributed by atoms with Crippen LogP contribution >= 0.6 is 0 Å². The van der Waals surface area contributed by atoms with Crippen molar-refractivity contribution in [2.45, 2.75) is 71.1 Å². The van der Waals surface area contributed by atoms with Gasteiger partial charge in [-0.3, -0.25) is 4.79 Å². The maximum atomic E-state index is 12.1. The number of carbonyl (C=O) groups is 2. The second-order valence-electron chi connectivity index (χ2n) is 5.26. The molecule has 1 atom stereocenters. The molecule has 1 unspecified atom stereocenters. The third kappa shape index (κ3) is 9.92. The Morgan fingerprint density at radius 1 is 1.05 bits per heavy atom. The standard InChI is InChI=1S/C15H29NO4/c1-2-8-13(9-4-3-7-12-16)14(17)10-5-6-11-15(18)20-19/h13,19H,2-12,16H2,1H3. The van der Waals surface area contributed by atoms with Crippen molar-refractivity contribution in [2.75, 3.05) is 6.54 Å². The normalized spacial score (nSPS) is 12.2. The maximum Gasteiger partial charge on any atom is 0.342 e. The quantitative estimate of drug-likeness (QED) is 0.309. The van der Waals surface area contributed by atoms with Gasteiger partial charge in [0.2, 0.25) is 0 Å². The lowest BCUT2D eigenvalue weighted by atomic mass is 9.90. The van der Waals surface area contributed by atoms with Crippen LogP contribution in [0.1, 0.15) is 71.1 Å². The van der Waals surface area contributed by atoms with Crippen LogP contribution in [0.4, 0.5) is 0 Å². The topological polar surface area (TPSA) is 89.6 Å². The van der Waals surface area contributed by atoms with Crippen molar-refractivity contribution < 1.29 is 19.7 Å². The SMILES string of the molecule is CCCC(CCCCCN)C(=O)CCCCC(=O)OO. The molecule has 20 heavy (non-hydrogen) atoms. The lowest BCUT2D eigenvalue weighted by molar-refractivity contribution is -0.234. The molecule has 0 amide bonds. The van der Waals surface area contributed by atoms with Gasteiger partial charge in [-0.1, -0.05) is 26.2 Å². The molecule has 0 fully saturated rings. The van der Waals surface area contributed by atoms with E-state index in [2.05, 4.69) is 11.8 Å². The van der Waals surface area contributed by atoms with E-state index in [1.807, 2.05) is 0 Å². The van der Waals surface area contributed by atoms with E-state index in [9.17, 15) is 9.59 Å². The number of ketones is 1. The molecule has 0 aliphatic heterocycles. The van der Waals surface area contributed by atoms with Crippen molar-refractivity contribution in [1.82, 2.24) is 0 Å². The van der Waals surface area contributed by atoms with Crippen molar-refractivity contribution in [2.24, 2.45) is 11.7 Å². The van der Waals surface area contributed by atoms with Crippen LogP contribution < -0.4 is 5.73 Å². The summed E-state index contributed by atoms with van der Waals surface area (Å²) < 4.78 is 0. The van der Waals surface area contributed by atoms with Crippen LogP contribution in [0.25, 0.3) is 0 Å². The van der Waals surface area contributed by atoms with Crippen molar-refractivity contribution in [3.05, 3.63) is 0 Å². The summed E-state index contributed by atoms with van der Waals surface area (Å²) >= 11 is 0. The first kappa shape index (κ1) is 19.1. The van der Waals surface area contributed by atoms with Gasteiger partial charge in [0.05, 0.1) is 0 Å². The van der Waals surface area contributed by atoms with E-state index in [0.29, 0.717) is 31.6 Å². The Morgan fingerprint density at radius 3 is 2.35 bits per heavy atom. The molecule has 5 nitrogen and oxygen atoms in total. The average Bonchev–Trinajstić information content (AvgIpc) is 2.46. The minimum Gasteiger partial charge on any atom is -0.330 e. The number of nitrogens with two attached hydrogens (primary N) is 1. The van der Waals surface area contributed by atoms with E-state index in [4.69, 9.17) is 11.0 Å². The Hall–Kier alpha value is -0.940. The summed E-state index contributed by atoms with van der Waals surface area (Å²) in [6.45, 7) is 2.81. The first-order valence-corrected chi connectivity index (χ1v) is 7.72. The molecule has 0 radical (unpaired) electrons. The molecule has 0 saturated carbocycles. The van der Waals surface area contributed by atoms with Gasteiger partial charge in [-0.15, -0.1) is 0 Å². The maximum absolute atomic E-state index is 12.1. The molecule has 0 spiro atoms. The van der Waals surface area contributed by atoms with Gasteiger partial charge in [0.1, 0.15) is 5.78 Å². The zero-order valence-electron chi connectivity index (χ0n) is 12.6. The summed E-state index contributed by atoms with van der Waals surface area (Å²) in [7, 11) is 0. The zero-order chi connectivity index (χ0) is 15.2. The molecular formula is C15H29NO4. The fraction of sp³-hybridized carbons (Fsp3) is 0.867. The van der Waals surface area contributed by atoms with E-state index in [1.165, 1.54) is 0 Å². The van der Waals surface area contributed by atoms with Crippen LogP contribution in [-0.4, -0.2) is 23.6 Å². The van der Waals surface area contributed by atoms with Crippen LogP contribution in [0, 0.1) is 5.92 Å². The molecule has 0 aromatic carbocycles. The van der Waals surface area contributed by atoms with Gasteiger partial charge in [0.25, 0.3) is 0 Å². The number of unbranched alkanes of at least 4 members (excludes halogenated alkanes) is 3. The molecule has 0 aliphatic rings. The minimum atomic E-state index is -0.635. The highest BCUT2D eigenvalue weighted by atomic mass is 17.1. The summed E-state index contributed by atoms with van der Waals surface area (Å²) in [5, 5.41) is 8.12. The van der Waals surface area contributed by atoms with Crippen molar-refractivity contribution in [3.8, 4) is 0 Å². The second-order valence-corrected chi connectivity index (χ2v) is 5.26. The second kappa shape index (κ2) is 13.1. The summed E-state index contributed by atoms with van der Waals surface area (Å²) in [6.07, 6.45) is 8.02. The molecule has 0 bridgehead atoms. The van der Waals surface area contributed by atoms with Gasteiger partial charge in [-0.2, -0.15) is 5.26 Å². The fourth-order valence-electron chi connectivity index (χ4n) is 2.34. The van der Waals surface area contributed by atoms with E-state index in [-0.39, 0.29) is 12.3 Å². The molecule has 3 N–H and O–H groups in total. The number of hydrogen-bond donors (Lipinski definition) is 2. The number of rotatable bonds is 13. The van der Waals surface area contributed by atoms with E-state index in [1.54, 1.807) is 0 Å². The predicted molar refractivity (Wildman–Crippen MR) is 78.1 cm³/mol. The predicted octanol–water partition coefficient (Wildman–Crippen LogP) is 3.07. The lowest BCUT2D eigenvalue weighted by Crippen LogP contribution is -2.15. The lowest BCUT2D eigenvalue weighted by Gasteiger charge is -2.14. The Kier molecular flexibility index (Phi) is 12.4. The van der Waals surface area contributed by atoms with Crippen molar-refractivity contribution in [1.29, 1.82) is 0 Å². The van der Waals surface area contributed by atoms with Gasteiger partial charge in [-0.05, 0) is 38.6 Å². The van der Waals surface area contributed by atoms with E-state index >= 15 is 0 Å². The van der Waals surface area contributed by atoms with E-state index in [0.717, 1.165) is 38.5 Å².